The molecule has 0 fully saturated rings. The zero-order valence-electron chi connectivity index (χ0n) is 11.7. The minimum Gasteiger partial charge on any atom is -0.337 e. The van der Waals surface area contributed by atoms with Gasteiger partial charge in [0.2, 0.25) is 11.7 Å². The van der Waals surface area contributed by atoms with E-state index < -0.39 is 0 Å². The molecular weight excluding hydrogens is 256 g/mol. The van der Waals surface area contributed by atoms with Crippen molar-refractivity contribution in [2.75, 3.05) is 13.1 Å². The van der Waals surface area contributed by atoms with Gasteiger partial charge in [0.25, 0.3) is 0 Å². The first-order valence-corrected chi connectivity index (χ1v) is 6.65. The highest BCUT2D eigenvalue weighted by molar-refractivity contribution is 5.73. The summed E-state index contributed by atoms with van der Waals surface area (Å²) in [7, 11) is 0. The second kappa shape index (κ2) is 6.70. The van der Waals surface area contributed by atoms with Crippen LogP contribution in [-0.4, -0.2) is 34.2 Å². The molecule has 1 aromatic heterocycles. The summed E-state index contributed by atoms with van der Waals surface area (Å²) in [5.74, 6) is 0.919. The van der Waals surface area contributed by atoms with E-state index in [4.69, 9.17) is 4.52 Å². The normalized spacial score (nSPS) is 10.3. The van der Waals surface area contributed by atoms with Crippen LogP contribution in [0.3, 0.4) is 0 Å². The van der Waals surface area contributed by atoms with Gasteiger partial charge in [0.05, 0.1) is 6.54 Å². The van der Waals surface area contributed by atoms with Gasteiger partial charge in [-0.25, -0.2) is 4.79 Å². The summed E-state index contributed by atoms with van der Waals surface area (Å²) in [6.07, 6.45) is 0. The molecule has 0 aliphatic heterocycles. The number of hydrogen-bond donors (Lipinski definition) is 1. The van der Waals surface area contributed by atoms with E-state index in [1.54, 1.807) is 4.90 Å². The van der Waals surface area contributed by atoms with E-state index in [-0.39, 0.29) is 12.6 Å². The van der Waals surface area contributed by atoms with Crippen LogP contribution in [0.1, 0.15) is 19.7 Å². The summed E-state index contributed by atoms with van der Waals surface area (Å²) >= 11 is 0. The predicted molar refractivity (Wildman–Crippen MR) is 74.9 cm³/mol. The number of urea groups is 1. The number of amides is 2. The molecule has 2 aromatic rings. The van der Waals surface area contributed by atoms with E-state index in [0.29, 0.717) is 24.8 Å². The molecule has 2 rings (SSSR count). The van der Waals surface area contributed by atoms with Crippen molar-refractivity contribution in [2.24, 2.45) is 0 Å². The molecule has 6 nitrogen and oxygen atoms in total. The molecule has 6 heteroatoms. The average molecular weight is 274 g/mol. The Bertz CT molecular complexity index is 549. The molecule has 1 N–H and O–H groups in total. The fraction of sp³-hybridized carbons (Fsp3) is 0.357. The van der Waals surface area contributed by atoms with E-state index in [1.807, 2.05) is 44.2 Å². The first-order valence-electron chi connectivity index (χ1n) is 6.65. The number of nitrogens with one attached hydrogen (secondary N) is 1. The van der Waals surface area contributed by atoms with Crippen molar-refractivity contribution in [1.82, 2.24) is 20.4 Å². The zero-order valence-corrected chi connectivity index (χ0v) is 11.7. The van der Waals surface area contributed by atoms with E-state index in [0.717, 1.165) is 5.56 Å². The lowest BCUT2D eigenvalue weighted by Gasteiger charge is -2.18. The monoisotopic (exact) mass is 274 g/mol. The van der Waals surface area contributed by atoms with Gasteiger partial charge in [0.1, 0.15) is 0 Å². The van der Waals surface area contributed by atoms with Gasteiger partial charge in [0, 0.05) is 18.7 Å². The molecule has 0 unspecified atom stereocenters. The van der Waals surface area contributed by atoms with Crippen molar-refractivity contribution in [3.63, 3.8) is 0 Å². The quantitative estimate of drug-likeness (QED) is 0.908. The maximum absolute atomic E-state index is 11.8. The van der Waals surface area contributed by atoms with Crippen LogP contribution in [0.5, 0.6) is 0 Å². The van der Waals surface area contributed by atoms with Crippen molar-refractivity contribution in [2.45, 2.75) is 20.4 Å². The van der Waals surface area contributed by atoms with Crippen LogP contribution in [0, 0.1) is 0 Å². The molecule has 0 saturated carbocycles. The van der Waals surface area contributed by atoms with Crippen LogP contribution in [0.15, 0.2) is 34.9 Å². The molecule has 1 heterocycles. The van der Waals surface area contributed by atoms with Gasteiger partial charge in [0.15, 0.2) is 0 Å². The standard InChI is InChI=1S/C14H18N4O2/c1-3-18(4-2)14(19)15-10-12-16-13(17-20-12)11-8-6-5-7-9-11/h5-9H,3-4,10H2,1-2H3,(H,15,19). The predicted octanol–water partition coefficient (Wildman–Crippen LogP) is 2.29. The smallest absolute Gasteiger partial charge is 0.317 e. The van der Waals surface area contributed by atoms with Gasteiger partial charge in [-0.15, -0.1) is 0 Å². The van der Waals surface area contributed by atoms with Crippen molar-refractivity contribution in [3.05, 3.63) is 36.2 Å². The number of carbonyl (C=O) groups excluding carboxylic acids is 1. The van der Waals surface area contributed by atoms with Gasteiger partial charge < -0.3 is 14.7 Å². The van der Waals surface area contributed by atoms with Crippen LogP contribution < -0.4 is 5.32 Å². The van der Waals surface area contributed by atoms with Gasteiger partial charge in [-0.2, -0.15) is 4.98 Å². The lowest BCUT2D eigenvalue weighted by molar-refractivity contribution is 0.201. The van der Waals surface area contributed by atoms with E-state index in [2.05, 4.69) is 15.5 Å². The maximum atomic E-state index is 11.8. The number of nitrogens with zero attached hydrogens (tertiary/aromatic N) is 3. The van der Waals surface area contributed by atoms with Gasteiger partial charge in [-0.3, -0.25) is 0 Å². The number of carbonyl (C=O) groups is 1. The van der Waals surface area contributed by atoms with Gasteiger partial charge >= 0.3 is 6.03 Å². The Labute approximate surface area is 117 Å². The fourth-order valence-electron chi connectivity index (χ4n) is 1.80. The van der Waals surface area contributed by atoms with Crippen LogP contribution in [0.25, 0.3) is 11.4 Å². The molecule has 20 heavy (non-hydrogen) atoms. The third-order valence-electron chi connectivity index (χ3n) is 2.94. The first-order chi connectivity index (χ1) is 9.74. The third-order valence-corrected chi connectivity index (χ3v) is 2.94. The largest absolute Gasteiger partial charge is 0.337 e. The highest BCUT2D eigenvalue weighted by Gasteiger charge is 2.12. The number of benzene rings is 1. The van der Waals surface area contributed by atoms with E-state index >= 15 is 0 Å². The lowest BCUT2D eigenvalue weighted by atomic mass is 10.2. The molecule has 0 bridgehead atoms. The van der Waals surface area contributed by atoms with Gasteiger partial charge in [-0.05, 0) is 13.8 Å². The Hall–Kier alpha value is -2.37. The summed E-state index contributed by atoms with van der Waals surface area (Å²) in [6.45, 7) is 5.44. The summed E-state index contributed by atoms with van der Waals surface area (Å²) in [4.78, 5) is 17.7. The molecule has 106 valence electrons. The van der Waals surface area contributed by atoms with Crippen molar-refractivity contribution >= 4 is 6.03 Å². The Morgan fingerprint density at radius 2 is 1.95 bits per heavy atom. The molecule has 0 aliphatic rings. The molecule has 0 radical (unpaired) electrons. The Kier molecular flexibility index (Phi) is 4.70. The SMILES string of the molecule is CCN(CC)C(=O)NCc1nc(-c2ccccc2)no1. The minimum absolute atomic E-state index is 0.130. The lowest BCUT2D eigenvalue weighted by Crippen LogP contribution is -2.39. The maximum Gasteiger partial charge on any atom is 0.317 e. The summed E-state index contributed by atoms with van der Waals surface area (Å²) < 4.78 is 5.12. The number of rotatable bonds is 5. The highest BCUT2D eigenvalue weighted by Crippen LogP contribution is 2.14. The molecule has 0 atom stereocenters. The highest BCUT2D eigenvalue weighted by atomic mass is 16.5. The molecular formula is C14H18N4O2. The van der Waals surface area contributed by atoms with E-state index in [1.165, 1.54) is 0 Å². The average Bonchev–Trinajstić information content (AvgIpc) is 2.96. The van der Waals surface area contributed by atoms with Gasteiger partial charge in [-0.1, -0.05) is 35.5 Å². The van der Waals surface area contributed by atoms with Crippen molar-refractivity contribution in [1.29, 1.82) is 0 Å². The third kappa shape index (κ3) is 3.34. The zero-order chi connectivity index (χ0) is 14.4. The Morgan fingerprint density at radius 1 is 1.25 bits per heavy atom. The van der Waals surface area contributed by atoms with Crippen LogP contribution in [0.4, 0.5) is 4.79 Å². The van der Waals surface area contributed by atoms with Crippen LogP contribution in [-0.2, 0) is 6.54 Å². The Balaban J connectivity index is 1.95. The summed E-state index contributed by atoms with van der Waals surface area (Å²) in [5, 5.41) is 6.65. The topological polar surface area (TPSA) is 71.3 Å². The molecule has 0 aliphatic carbocycles. The second-order valence-corrected chi connectivity index (χ2v) is 4.21. The second-order valence-electron chi connectivity index (χ2n) is 4.21. The van der Waals surface area contributed by atoms with E-state index in [9.17, 15) is 4.79 Å². The first kappa shape index (κ1) is 14.0. The minimum atomic E-state index is -0.130. The summed E-state index contributed by atoms with van der Waals surface area (Å²) in [5.41, 5.74) is 0.887. The number of hydrogen-bond acceptors (Lipinski definition) is 4. The molecule has 2 amide bonds. The van der Waals surface area contributed by atoms with Crippen LogP contribution in [0.2, 0.25) is 0 Å². The number of aromatic nitrogens is 2. The molecule has 1 aromatic carbocycles. The molecule has 0 spiro atoms. The van der Waals surface area contributed by atoms with Crippen molar-refractivity contribution < 1.29 is 9.32 Å². The Morgan fingerprint density at radius 3 is 2.60 bits per heavy atom. The molecule has 0 saturated heterocycles. The van der Waals surface area contributed by atoms with Crippen LogP contribution >= 0.6 is 0 Å². The summed E-state index contributed by atoms with van der Waals surface area (Å²) in [6, 6.07) is 9.43. The van der Waals surface area contributed by atoms with Crippen molar-refractivity contribution in [3.8, 4) is 11.4 Å². The fourth-order valence-corrected chi connectivity index (χ4v) is 1.80.